The standard InChI is InChI=1S/C29H28N4O2/c1-20-12-13-23(16-21(20)2)19-35-28-25(27(34)30-17-22-8-4-3-5-9-22)18-31-29(32-28)33-15-14-24-10-6-7-11-26(24)33/h3-13,16,18H,14-15,17,19H2,1-2H3,(H,30,34). The van der Waals surface area contributed by atoms with Crippen LogP contribution in [0.3, 0.4) is 0 Å². The second-order valence-corrected chi connectivity index (χ2v) is 8.79. The van der Waals surface area contributed by atoms with Gasteiger partial charge in [-0.15, -0.1) is 0 Å². The van der Waals surface area contributed by atoms with Gasteiger partial charge in [0, 0.05) is 25.0 Å². The summed E-state index contributed by atoms with van der Waals surface area (Å²) < 4.78 is 6.14. The molecule has 4 aromatic rings. The summed E-state index contributed by atoms with van der Waals surface area (Å²) in [6.07, 6.45) is 2.50. The average Bonchev–Trinajstić information content (AvgIpc) is 3.33. The molecule has 0 spiro atoms. The first kappa shape index (κ1) is 22.6. The lowest BCUT2D eigenvalue weighted by Crippen LogP contribution is -2.25. The van der Waals surface area contributed by atoms with Crippen LogP contribution in [0.25, 0.3) is 0 Å². The van der Waals surface area contributed by atoms with Gasteiger partial charge in [-0.05, 0) is 54.2 Å². The van der Waals surface area contributed by atoms with Crippen molar-refractivity contribution in [2.45, 2.75) is 33.4 Å². The van der Waals surface area contributed by atoms with Crippen molar-refractivity contribution in [2.24, 2.45) is 0 Å². The molecule has 2 heterocycles. The van der Waals surface area contributed by atoms with Gasteiger partial charge in [0.2, 0.25) is 11.8 Å². The van der Waals surface area contributed by atoms with Crippen molar-refractivity contribution in [1.29, 1.82) is 0 Å². The zero-order valence-electron chi connectivity index (χ0n) is 20.0. The number of fused-ring (bicyclic) bond motifs is 1. The van der Waals surface area contributed by atoms with Crippen molar-refractivity contribution in [3.05, 3.63) is 112 Å². The maximum absolute atomic E-state index is 13.1. The number of amides is 1. The number of para-hydroxylation sites is 1. The Labute approximate surface area is 205 Å². The number of nitrogens with one attached hydrogen (secondary N) is 1. The Morgan fingerprint density at radius 2 is 1.77 bits per heavy atom. The van der Waals surface area contributed by atoms with Gasteiger partial charge in [-0.2, -0.15) is 4.98 Å². The highest BCUT2D eigenvalue weighted by Gasteiger charge is 2.24. The predicted molar refractivity (Wildman–Crippen MR) is 137 cm³/mol. The molecule has 0 saturated carbocycles. The first-order chi connectivity index (χ1) is 17.1. The summed E-state index contributed by atoms with van der Waals surface area (Å²) >= 11 is 0. The second-order valence-electron chi connectivity index (χ2n) is 8.79. The molecule has 1 aliphatic heterocycles. The maximum Gasteiger partial charge on any atom is 0.258 e. The molecule has 5 rings (SSSR count). The van der Waals surface area contributed by atoms with Crippen LogP contribution < -0.4 is 15.0 Å². The number of hydrogen-bond donors (Lipinski definition) is 1. The predicted octanol–water partition coefficient (Wildman–Crippen LogP) is 5.30. The van der Waals surface area contributed by atoms with Gasteiger partial charge in [0.15, 0.2) is 0 Å². The van der Waals surface area contributed by atoms with E-state index in [9.17, 15) is 4.79 Å². The van der Waals surface area contributed by atoms with E-state index in [-0.39, 0.29) is 11.8 Å². The van der Waals surface area contributed by atoms with Gasteiger partial charge < -0.3 is 15.0 Å². The summed E-state index contributed by atoms with van der Waals surface area (Å²) in [5, 5.41) is 2.96. The molecule has 1 aromatic heterocycles. The van der Waals surface area contributed by atoms with Gasteiger partial charge in [-0.1, -0.05) is 66.7 Å². The van der Waals surface area contributed by atoms with Gasteiger partial charge in [-0.25, -0.2) is 4.98 Å². The number of aromatic nitrogens is 2. The quantitative estimate of drug-likeness (QED) is 0.402. The van der Waals surface area contributed by atoms with Crippen LogP contribution in [-0.2, 0) is 19.6 Å². The van der Waals surface area contributed by atoms with Crippen LogP contribution in [-0.4, -0.2) is 22.4 Å². The fourth-order valence-corrected chi connectivity index (χ4v) is 4.22. The van der Waals surface area contributed by atoms with Crippen LogP contribution in [0.1, 0.15) is 38.2 Å². The molecule has 0 unspecified atom stereocenters. The van der Waals surface area contributed by atoms with Crippen LogP contribution in [0.4, 0.5) is 11.6 Å². The third-order valence-electron chi connectivity index (χ3n) is 6.36. The third kappa shape index (κ3) is 5.01. The van der Waals surface area contributed by atoms with E-state index < -0.39 is 0 Å². The first-order valence-electron chi connectivity index (χ1n) is 11.8. The van der Waals surface area contributed by atoms with E-state index in [2.05, 4.69) is 53.3 Å². The third-order valence-corrected chi connectivity index (χ3v) is 6.36. The van der Waals surface area contributed by atoms with Gasteiger partial charge in [-0.3, -0.25) is 4.79 Å². The number of hydrogen-bond acceptors (Lipinski definition) is 5. The number of carbonyl (C=O) groups is 1. The number of anilines is 2. The maximum atomic E-state index is 13.1. The molecule has 1 amide bonds. The first-order valence-corrected chi connectivity index (χ1v) is 11.8. The van der Waals surface area contributed by atoms with Crippen LogP contribution in [0.5, 0.6) is 5.88 Å². The number of carbonyl (C=O) groups excluding carboxylic acids is 1. The number of ether oxygens (including phenoxy) is 1. The van der Waals surface area contributed by atoms with Crippen molar-refractivity contribution in [3.8, 4) is 5.88 Å². The van der Waals surface area contributed by atoms with Crippen LogP contribution in [0, 0.1) is 13.8 Å². The molecule has 1 aliphatic rings. The minimum Gasteiger partial charge on any atom is -0.472 e. The monoisotopic (exact) mass is 464 g/mol. The molecular weight excluding hydrogens is 436 g/mol. The number of nitrogens with zero attached hydrogens (tertiary/aromatic N) is 3. The molecule has 0 bridgehead atoms. The van der Waals surface area contributed by atoms with Gasteiger partial charge in [0.25, 0.3) is 5.91 Å². The van der Waals surface area contributed by atoms with Crippen molar-refractivity contribution in [2.75, 3.05) is 11.4 Å². The molecule has 0 atom stereocenters. The van der Waals surface area contributed by atoms with E-state index in [0.717, 1.165) is 29.8 Å². The van der Waals surface area contributed by atoms with Crippen LogP contribution in [0.15, 0.2) is 79.0 Å². The lowest BCUT2D eigenvalue weighted by atomic mass is 10.1. The van der Waals surface area contributed by atoms with Crippen LogP contribution in [0.2, 0.25) is 0 Å². The van der Waals surface area contributed by atoms with Crippen LogP contribution >= 0.6 is 0 Å². The minimum atomic E-state index is -0.266. The number of benzene rings is 3. The van der Waals surface area contributed by atoms with E-state index in [4.69, 9.17) is 9.72 Å². The Morgan fingerprint density at radius 3 is 2.60 bits per heavy atom. The van der Waals surface area contributed by atoms with Gasteiger partial charge in [0.1, 0.15) is 12.2 Å². The summed E-state index contributed by atoms with van der Waals surface area (Å²) in [5.41, 5.74) is 7.14. The van der Waals surface area contributed by atoms with E-state index in [1.54, 1.807) is 6.20 Å². The summed E-state index contributed by atoms with van der Waals surface area (Å²) in [7, 11) is 0. The lowest BCUT2D eigenvalue weighted by Gasteiger charge is -2.19. The molecule has 6 heteroatoms. The van der Waals surface area contributed by atoms with E-state index in [1.807, 2.05) is 48.5 Å². The molecule has 6 nitrogen and oxygen atoms in total. The highest BCUT2D eigenvalue weighted by Crippen LogP contribution is 2.33. The highest BCUT2D eigenvalue weighted by atomic mass is 16.5. The van der Waals surface area contributed by atoms with E-state index in [0.29, 0.717) is 24.7 Å². The Balaban J connectivity index is 1.42. The second kappa shape index (κ2) is 9.97. The SMILES string of the molecule is Cc1ccc(COc2nc(N3CCc4ccccc43)ncc2C(=O)NCc2ccccc2)cc1C. The molecule has 35 heavy (non-hydrogen) atoms. The van der Waals surface area contributed by atoms with Crippen molar-refractivity contribution in [1.82, 2.24) is 15.3 Å². The fourth-order valence-electron chi connectivity index (χ4n) is 4.22. The molecule has 0 saturated heterocycles. The molecule has 0 fully saturated rings. The van der Waals surface area contributed by atoms with Gasteiger partial charge >= 0.3 is 0 Å². The Hall–Kier alpha value is -4.19. The molecule has 0 aliphatic carbocycles. The summed E-state index contributed by atoms with van der Waals surface area (Å²) in [6, 6.07) is 24.3. The molecule has 1 N–H and O–H groups in total. The van der Waals surface area contributed by atoms with E-state index in [1.165, 1.54) is 16.7 Å². The van der Waals surface area contributed by atoms with Crippen molar-refractivity contribution >= 4 is 17.5 Å². The highest BCUT2D eigenvalue weighted by molar-refractivity contribution is 5.96. The molecule has 3 aromatic carbocycles. The molecule has 0 radical (unpaired) electrons. The zero-order chi connectivity index (χ0) is 24.2. The fraction of sp³-hybridized carbons (Fsp3) is 0.207. The Morgan fingerprint density at radius 1 is 0.971 bits per heavy atom. The zero-order valence-corrected chi connectivity index (χ0v) is 20.0. The summed E-state index contributed by atoms with van der Waals surface area (Å²) in [6.45, 7) is 5.68. The molecule has 176 valence electrons. The topological polar surface area (TPSA) is 67.3 Å². The Bertz CT molecular complexity index is 1350. The normalized spacial score (nSPS) is 12.3. The summed E-state index contributed by atoms with van der Waals surface area (Å²) in [5.74, 6) is 0.546. The smallest absolute Gasteiger partial charge is 0.258 e. The van der Waals surface area contributed by atoms with Gasteiger partial charge in [0.05, 0.1) is 0 Å². The average molecular weight is 465 g/mol. The van der Waals surface area contributed by atoms with Crippen molar-refractivity contribution in [3.63, 3.8) is 0 Å². The van der Waals surface area contributed by atoms with E-state index >= 15 is 0 Å². The lowest BCUT2D eigenvalue weighted by molar-refractivity contribution is 0.0945. The minimum absolute atomic E-state index is 0.266. The largest absolute Gasteiger partial charge is 0.472 e. The Kier molecular flexibility index (Phi) is 6.44. The molecular formula is C29H28N4O2. The van der Waals surface area contributed by atoms with Crippen molar-refractivity contribution < 1.29 is 9.53 Å². The summed E-state index contributed by atoms with van der Waals surface area (Å²) in [4.78, 5) is 24.4. The number of rotatable bonds is 7. The number of aryl methyl sites for hydroxylation is 2.